The highest BCUT2D eigenvalue weighted by atomic mass is 35.5. The summed E-state index contributed by atoms with van der Waals surface area (Å²) in [5.41, 5.74) is 0.00675. The van der Waals surface area contributed by atoms with Crippen molar-refractivity contribution in [2.75, 3.05) is 5.32 Å². The van der Waals surface area contributed by atoms with Crippen LogP contribution >= 0.6 is 23.2 Å². The van der Waals surface area contributed by atoms with Gasteiger partial charge in [0.2, 0.25) is 5.91 Å². The lowest BCUT2D eigenvalue weighted by Crippen LogP contribution is -2.35. The lowest BCUT2D eigenvalue weighted by atomic mass is 9.77. The molecule has 1 fully saturated rings. The number of carbonyl (C=O) groups excluding carboxylic acids is 1. The fourth-order valence-corrected chi connectivity index (χ4v) is 3.46. The molecular formula is C14H19Cl2N3O. The van der Waals surface area contributed by atoms with E-state index >= 15 is 0 Å². The Morgan fingerprint density at radius 2 is 1.85 bits per heavy atom. The van der Waals surface area contributed by atoms with Gasteiger partial charge in [0.15, 0.2) is 10.3 Å². The topological polar surface area (TPSA) is 54.9 Å². The molecule has 0 aromatic carbocycles. The Morgan fingerprint density at radius 3 is 2.35 bits per heavy atom. The Bertz CT molecular complexity index is 479. The number of rotatable bonds is 4. The van der Waals surface area contributed by atoms with Gasteiger partial charge < -0.3 is 5.32 Å². The molecule has 0 spiro atoms. The number of nitrogens with zero attached hydrogens (tertiary/aromatic N) is 2. The van der Waals surface area contributed by atoms with Gasteiger partial charge in [-0.3, -0.25) is 4.79 Å². The second-order valence-corrected chi connectivity index (χ2v) is 6.59. The Morgan fingerprint density at radius 1 is 1.30 bits per heavy atom. The van der Waals surface area contributed by atoms with Gasteiger partial charge in [0.1, 0.15) is 12.0 Å². The first kappa shape index (κ1) is 15.5. The van der Waals surface area contributed by atoms with E-state index in [9.17, 15) is 4.79 Å². The van der Waals surface area contributed by atoms with Crippen LogP contribution in [0.5, 0.6) is 0 Å². The molecule has 4 nitrogen and oxygen atoms in total. The lowest BCUT2D eigenvalue weighted by molar-refractivity contribution is -0.126. The summed E-state index contributed by atoms with van der Waals surface area (Å²) in [7, 11) is 0. The zero-order valence-electron chi connectivity index (χ0n) is 11.7. The zero-order chi connectivity index (χ0) is 14.8. The summed E-state index contributed by atoms with van der Waals surface area (Å²) in [4.78, 5) is 20.4. The van der Waals surface area contributed by atoms with Gasteiger partial charge in [0, 0.05) is 5.41 Å². The zero-order valence-corrected chi connectivity index (χ0v) is 13.3. The largest absolute Gasteiger partial charge is 0.320 e. The molecule has 1 N–H and O–H groups in total. The van der Waals surface area contributed by atoms with E-state index in [0.717, 1.165) is 32.1 Å². The van der Waals surface area contributed by atoms with Crippen LogP contribution in [-0.2, 0) is 4.79 Å². The maximum absolute atomic E-state index is 12.7. The maximum atomic E-state index is 12.7. The molecule has 0 aliphatic heterocycles. The van der Waals surface area contributed by atoms with Crippen LogP contribution < -0.4 is 5.32 Å². The van der Waals surface area contributed by atoms with E-state index in [2.05, 4.69) is 29.1 Å². The third-order valence-corrected chi connectivity index (χ3v) is 4.41. The average Bonchev–Trinajstić information content (AvgIpc) is 2.82. The Hall–Kier alpha value is -0.870. The quantitative estimate of drug-likeness (QED) is 0.841. The Kier molecular flexibility index (Phi) is 4.86. The van der Waals surface area contributed by atoms with Crippen LogP contribution in [-0.4, -0.2) is 15.9 Å². The van der Waals surface area contributed by atoms with Crippen molar-refractivity contribution in [3.05, 3.63) is 16.6 Å². The number of amides is 1. The smallest absolute Gasteiger partial charge is 0.230 e. The minimum absolute atomic E-state index is 0.0118. The van der Waals surface area contributed by atoms with E-state index in [1.54, 1.807) is 0 Å². The summed E-state index contributed by atoms with van der Waals surface area (Å²) in [5.74, 6) is 0.458. The molecule has 1 saturated carbocycles. The van der Waals surface area contributed by atoms with Gasteiger partial charge in [0.25, 0.3) is 0 Å². The molecule has 1 aromatic rings. The van der Waals surface area contributed by atoms with Crippen LogP contribution in [0.25, 0.3) is 0 Å². The molecule has 0 atom stereocenters. The molecule has 110 valence electrons. The minimum atomic E-state index is -0.309. The van der Waals surface area contributed by atoms with E-state index in [-0.39, 0.29) is 21.6 Å². The predicted octanol–water partition coefficient (Wildman–Crippen LogP) is 4.33. The SMILES string of the molecule is CC(C)CC1(C(=O)Nc2c(Cl)ncnc2Cl)CCCC1. The van der Waals surface area contributed by atoms with Gasteiger partial charge in [-0.2, -0.15) is 0 Å². The summed E-state index contributed by atoms with van der Waals surface area (Å²) >= 11 is 12.0. The van der Waals surface area contributed by atoms with Crippen molar-refractivity contribution in [3.63, 3.8) is 0 Å². The predicted molar refractivity (Wildman–Crippen MR) is 81.0 cm³/mol. The van der Waals surface area contributed by atoms with Crippen molar-refractivity contribution >= 4 is 34.8 Å². The van der Waals surface area contributed by atoms with Gasteiger partial charge in [-0.1, -0.05) is 49.9 Å². The van der Waals surface area contributed by atoms with E-state index in [1.807, 2.05) is 0 Å². The summed E-state index contributed by atoms with van der Waals surface area (Å²) < 4.78 is 0. The number of aromatic nitrogens is 2. The van der Waals surface area contributed by atoms with Crippen molar-refractivity contribution in [3.8, 4) is 0 Å². The fourth-order valence-electron chi connectivity index (χ4n) is 3.05. The van der Waals surface area contributed by atoms with Crippen molar-refractivity contribution in [1.82, 2.24) is 9.97 Å². The van der Waals surface area contributed by atoms with Crippen molar-refractivity contribution in [1.29, 1.82) is 0 Å². The number of carbonyl (C=O) groups is 1. The Labute approximate surface area is 129 Å². The molecule has 1 aliphatic carbocycles. The molecular weight excluding hydrogens is 297 g/mol. The second kappa shape index (κ2) is 6.27. The molecule has 0 unspecified atom stereocenters. The van der Waals surface area contributed by atoms with Crippen LogP contribution in [0.1, 0.15) is 46.0 Å². The number of nitrogens with one attached hydrogen (secondary N) is 1. The van der Waals surface area contributed by atoms with Crippen molar-refractivity contribution in [2.45, 2.75) is 46.0 Å². The summed E-state index contributed by atoms with van der Waals surface area (Å²) in [6.07, 6.45) is 6.17. The molecule has 1 aliphatic rings. The minimum Gasteiger partial charge on any atom is -0.320 e. The first-order chi connectivity index (χ1) is 9.44. The molecule has 20 heavy (non-hydrogen) atoms. The number of hydrogen-bond donors (Lipinski definition) is 1. The highest BCUT2D eigenvalue weighted by Gasteiger charge is 2.41. The molecule has 6 heteroatoms. The van der Waals surface area contributed by atoms with E-state index in [0.29, 0.717) is 11.6 Å². The third kappa shape index (κ3) is 3.23. The number of hydrogen-bond acceptors (Lipinski definition) is 3. The number of halogens is 2. The molecule has 0 bridgehead atoms. The highest BCUT2D eigenvalue weighted by molar-refractivity contribution is 6.38. The van der Waals surface area contributed by atoms with Crippen LogP contribution in [0.2, 0.25) is 10.3 Å². The highest BCUT2D eigenvalue weighted by Crippen LogP contribution is 2.44. The van der Waals surface area contributed by atoms with Crippen LogP contribution in [0, 0.1) is 11.3 Å². The van der Waals surface area contributed by atoms with Gasteiger partial charge >= 0.3 is 0 Å². The van der Waals surface area contributed by atoms with Crippen molar-refractivity contribution in [2.24, 2.45) is 11.3 Å². The van der Waals surface area contributed by atoms with E-state index < -0.39 is 0 Å². The van der Waals surface area contributed by atoms with Gasteiger partial charge in [0.05, 0.1) is 0 Å². The first-order valence-corrected chi connectivity index (χ1v) is 7.68. The summed E-state index contributed by atoms with van der Waals surface area (Å²) in [5, 5.41) is 3.19. The molecule has 0 saturated heterocycles. The summed E-state index contributed by atoms with van der Waals surface area (Å²) in [6.45, 7) is 4.28. The van der Waals surface area contributed by atoms with Crippen LogP contribution in [0.4, 0.5) is 5.69 Å². The first-order valence-electron chi connectivity index (χ1n) is 6.92. The monoisotopic (exact) mass is 315 g/mol. The van der Waals surface area contributed by atoms with Gasteiger partial charge in [-0.25, -0.2) is 9.97 Å². The van der Waals surface area contributed by atoms with Crippen LogP contribution in [0.15, 0.2) is 6.33 Å². The molecule has 1 amide bonds. The normalized spacial score (nSPS) is 17.4. The second-order valence-electron chi connectivity index (χ2n) is 5.87. The van der Waals surface area contributed by atoms with E-state index in [4.69, 9.17) is 23.2 Å². The Balaban J connectivity index is 2.21. The average molecular weight is 316 g/mol. The standard InChI is InChI=1S/C14H19Cl2N3O/c1-9(2)7-14(5-3-4-6-14)13(20)19-10-11(15)17-8-18-12(10)16/h8-9H,3-7H2,1-2H3,(H,19,20). The molecule has 1 heterocycles. The lowest BCUT2D eigenvalue weighted by Gasteiger charge is -2.29. The van der Waals surface area contributed by atoms with Gasteiger partial charge in [-0.05, 0) is 25.2 Å². The number of anilines is 1. The van der Waals surface area contributed by atoms with Gasteiger partial charge in [-0.15, -0.1) is 0 Å². The van der Waals surface area contributed by atoms with E-state index in [1.165, 1.54) is 6.33 Å². The summed E-state index contributed by atoms with van der Waals surface area (Å²) in [6, 6.07) is 0. The molecule has 2 rings (SSSR count). The van der Waals surface area contributed by atoms with Crippen LogP contribution in [0.3, 0.4) is 0 Å². The third-order valence-electron chi connectivity index (χ3n) is 3.83. The fraction of sp³-hybridized carbons (Fsp3) is 0.643. The molecule has 0 radical (unpaired) electrons. The maximum Gasteiger partial charge on any atom is 0.230 e. The molecule has 1 aromatic heterocycles. The van der Waals surface area contributed by atoms with Crippen molar-refractivity contribution < 1.29 is 4.79 Å².